The number of hydrogen-bond acceptors (Lipinski definition) is 2. The molecule has 0 saturated heterocycles. The van der Waals surface area contributed by atoms with Gasteiger partial charge in [-0.1, -0.05) is 34.8 Å². The number of ether oxygens (including phenoxy) is 1. The molecule has 2 aromatic rings. The Bertz CT molecular complexity index is 651. The van der Waals surface area contributed by atoms with E-state index in [-0.39, 0.29) is 5.78 Å². The molecule has 0 fully saturated rings. The molecule has 104 valence electrons. The van der Waals surface area contributed by atoms with Crippen LogP contribution in [-0.4, -0.2) is 12.4 Å². The van der Waals surface area contributed by atoms with Crippen LogP contribution in [0.4, 0.5) is 0 Å². The Morgan fingerprint density at radius 3 is 2.50 bits per heavy atom. The third-order valence-electron chi connectivity index (χ3n) is 2.86. The average Bonchev–Trinajstić information content (AvgIpc) is 2.43. The van der Waals surface area contributed by atoms with E-state index >= 15 is 0 Å². The highest BCUT2D eigenvalue weighted by Gasteiger charge is 2.16. The number of halogens is 2. The summed E-state index contributed by atoms with van der Waals surface area (Å²) in [6, 6.07) is 10.4. The van der Waals surface area contributed by atoms with Gasteiger partial charge in [0.05, 0.1) is 22.2 Å². The molecule has 0 unspecified atom stereocenters. The smallest absolute Gasteiger partial charge is 0.196 e. The molecule has 2 nitrogen and oxygen atoms in total. The van der Waals surface area contributed by atoms with Crippen LogP contribution in [0.1, 0.15) is 28.4 Å². The van der Waals surface area contributed by atoms with Crippen LogP contribution in [0, 0.1) is 6.92 Å². The number of aryl methyl sites for hydroxylation is 1. The molecule has 20 heavy (non-hydrogen) atoms. The number of carbonyl (C=O) groups is 1. The first-order valence-electron chi connectivity index (χ1n) is 6.26. The van der Waals surface area contributed by atoms with Crippen LogP contribution in [0.25, 0.3) is 0 Å². The average molecular weight is 309 g/mol. The van der Waals surface area contributed by atoms with Gasteiger partial charge in [0.1, 0.15) is 5.75 Å². The fraction of sp³-hybridized carbons (Fsp3) is 0.188. The predicted molar refractivity (Wildman–Crippen MR) is 82.2 cm³/mol. The monoisotopic (exact) mass is 308 g/mol. The standard InChI is InChI=1S/C16H14Cl2O2/c1-3-20-15-7-4-10(2)8-12(15)16(19)11-5-6-13(17)14(18)9-11/h4-9H,3H2,1-2H3. The number of rotatable bonds is 4. The maximum Gasteiger partial charge on any atom is 0.196 e. The van der Waals surface area contributed by atoms with E-state index in [0.29, 0.717) is 33.5 Å². The minimum absolute atomic E-state index is 0.129. The van der Waals surface area contributed by atoms with Crippen molar-refractivity contribution in [3.05, 3.63) is 63.1 Å². The molecule has 0 N–H and O–H groups in total. The van der Waals surface area contributed by atoms with Crippen LogP contribution < -0.4 is 4.74 Å². The molecular formula is C16H14Cl2O2. The van der Waals surface area contributed by atoms with Crippen LogP contribution in [-0.2, 0) is 0 Å². The van der Waals surface area contributed by atoms with Gasteiger partial charge in [0.25, 0.3) is 0 Å². The Labute approximate surface area is 128 Å². The molecule has 0 aromatic heterocycles. The first kappa shape index (κ1) is 14.9. The second-order valence-electron chi connectivity index (χ2n) is 4.39. The molecule has 2 aromatic carbocycles. The highest BCUT2D eigenvalue weighted by molar-refractivity contribution is 6.42. The van der Waals surface area contributed by atoms with Crippen molar-refractivity contribution in [1.29, 1.82) is 0 Å². The van der Waals surface area contributed by atoms with E-state index in [1.165, 1.54) is 0 Å². The third-order valence-corrected chi connectivity index (χ3v) is 3.60. The fourth-order valence-corrected chi connectivity index (χ4v) is 2.19. The van der Waals surface area contributed by atoms with Crippen LogP contribution in [0.5, 0.6) is 5.75 Å². The van der Waals surface area contributed by atoms with Crippen molar-refractivity contribution in [3.8, 4) is 5.75 Å². The minimum atomic E-state index is -0.129. The molecular weight excluding hydrogens is 295 g/mol. The Morgan fingerprint density at radius 1 is 1.10 bits per heavy atom. The minimum Gasteiger partial charge on any atom is -0.493 e. The zero-order valence-corrected chi connectivity index (χ0v) is 12.8. The quantitative estimate of drug-likeness (QED) is 0.748. The van der Waals surface area contributed by atoms with Crippen LogP contribution in [0.3, 0.4) is 0 Å². The number of ketones is 1. The summed E-state index contributed by atoms with van der Waals surface area (Å²) >= 11 is 11.8. The first-order chi connectivity index (χ1) is 9.52. The Hall–Kier alpha value is -1.51. The molecule has 4 heteroatoms. The lowest BCUT2D eigenvalue weighted by Gasteiger charge is -2.10. The largest absolute Gasteiger partial charge is 0.493 e. The van der Waals surface area contributed by atoms with E-state index in [1.54, 1.807) is 18.2 Å². The summed E-state index contributed by atoms with van der Waals surface area (Å²) in [5, 5.41) is 0.792. The van der Waals surface area contributed by atoms with Gasteiger partial charge in [-0.3, -0.25) is 4.79 Å². The van der Waals surface area contributed by atoms with E-state index in [2.05, 4.69) is 0 Å². The first-order valence-corrected chi connectivity index (χ1v) is 7.01. The summed E-state index contributed by atoms with van der Waals surface area (Å²) in [4.78, 5) is 12.6. The van der Waals surface area contributed by atoms with Crippen molar-refractivity contribution in [2.24, 2.45) is 0 Å². The van der Waals surface area contributed by atoms with Gasteiger partial charge in [0, 0.05) is 5.56 Å². The lowest BCUT2D eigenvalue weighted by Crippen LogP contribution is -2.06. The molecule has 0 atom stereocenters. The molecule has 0 aliphatic rings. The molecule has 0 saturated carbocycles. The Balaban J connectivity index is 2.46. The van der Waals surface area contributed by atoms with Crippen LogP contribution in [0.15, 0.2) is 36.4 Å². The molecule has 0 radical (unpaired) electrons. The SMILES string of the molecule is CCOc1ccc(C)cc1C(=O)c1ccc(Cl)c(Cl)c1. The molecule has 0 amide bonds. The van der Waals surface area contributed by atoms with Crippen molar-refractivity contribution in [2.45, 2.75) is 13.8 Å². The molecule has 0 aliphatic heterocycles. The summed E-state index contributed by atoms with van der Waals surface area (Å²) in [7, 11) is 0. The van der Waals surface area contributed by atoms with Crippen molar-refractivity contribution in [2.75, 3.05) is 6.61 Å². The summed E-state index contributed by atoms with van der Waals surface area (Å²) in [5.41, 5.74) is 2.02. The number of benzene rings is 2. The van der Waals surface area contributed by atoms with Gasteiger partial charge in [-0.05, 0) is 44.2 Å². The Kier molecular flexibility index (Phi) is 4.69. The highest BCUT2D eigenvalue weighted by atomic mass is 35.5. The maximum absolute atomic E-state index is 12.6. The fourth-order valence-electron chi connectivity index (χ4n) is 1.90. The second-order valence-corrected chi connectivity index (χ2v) is 5.21. The van der Waals surface area contributed by atoms with Gasteiger partial charge in [-0.2, -0.15) is 0 Å². The van der Waals surface area contributed by atoms with E-state index in [9.17, 15) is 4.79 Å². The van der Waals surface area contributed by atoms with Gasteiger partial charge < -0.3 is 4.74 Å². The van der Waals surface area contributed by atoms with Crippen LogP contribution >= 0.6 is 23.2 Å². The topological polar surface area (TPSA) is 26.3 Å². The maximum atomic E-state index is 12.6. The van der Waals surface area contributed by atoms with Crippen molar-refractivity contribution in [1.82, 2.24) is 0 Å². The molecule has 0 bridgehead atoms. The second kappa shape index (κ2) is 6.29. The van der Waals surface area contributed by atoms with E-state index < -0.39 is 0 Å². The van der Waals surface area contributed by atoms with Gasteiger partial charge in [-0.15, -0.1) is 0 Å². The van der Waals surface area contributed by atoms with E-state index in [0.717, 1.165) is 5.56 Å². The van der Waals surface area contributed by atoms with E-state index in [4.69, 9.17) is 27.9 Å². The van der Waals surface area contributed by atoms with Crippen LogP contribution in [0.2, 0.25) is 10.0 Å². The molecule has 0 aliphatic carbocycles. The number of carbonyl (C=O) groups excluding carboxylic acids is 1. The summed E-state index contributed by atoms with van der Waals surface area (Å²) in [6.07, 6.45) is 0. The van der Waals surface area contributed by atoms with Gasteiger partial charge in [0.2, 0.25) is 0 Å². The molecule has 2 rings (SSSR count). The van der Waals surface area contributed by atoms with E-state index in [1.807, 2.05) is 32.0 Å². The summed E-state index contributed by atoms with van der Waals surface area (Å²) < 4.78 is 5.51. The van der Waals surface area contributed by atoms with Crippen molar-refractivity contribution >= 4 is 29.0 Å². The van der Waals surface area contributed by atoms with Crippen molar-refractivity contribution in [3.63, 3.8) is 0 Å². The predicted octanol–water partition coefficient (Wildman–Crippen LogP) is 4.93. The Morgan fingerprint density at radius 2 is 1.85 bits per heavy atom. The lowest BCUT2D eigenvalue weighted by molar-refractivity contribution is 0.103. The lowest BCUT2D eigenvalue weighted by atomic mass is 10.0. The summed E-state index contributed by atoms with van der Waals surface area (Å²) in [6.45, 7) is 4.32. The summed E-state index contributed by atoms with van der Waals surface area (Å²) in [5.74, 6) is 0.449. The van der Waals surface area contributed by atoms with Crippen molar-refractivity contribution < 1.29 is 9.53 Å². The zero-order valence-electron chi connectivity index (χ0n) is 11.2. The highest BCUT2D eigenvalue weighted by Crippen LogP contribution is 2.27. The third kappa shape index (κ3) is 3.14. The van der Waals surface area contributed by atoms with Gasteiger partial charge in [0.15, 0.2) is 5.78 Å². The molecule has 0 spiro atoms. The van der Waals surface area contributed by atoms with Gasteiger partial charge in [-0.25, -0.2) is 0 Å². The van der Waals surface area contributed by atoms with Gasteiger partial charge >= 0.3 is 0 Å². The number of hydrogen-bond donors (Lipinski definition) is 0. The molecule has 0 heterocycles. The normalized spacial score (nSPS) is 10.4. The zero-order chi connectivity index (χ0) is 14.7.